The number of nitrogens with zero attached hydrogens (tertiary/aromatic N) is 1. The van der Waals surface area contributed by atoms with E-state index in [1.807, 2.05) is 13.0 Å². The maximum atomic E-state index is 11.4. The van der Waals surface area contributed by atoms with Crippen LogP contribution in [0.1, 0.15) is 28.4 Å². The Labute approximate surface area is 96.8 Å². The number of hydrogen-bond acceptors (Lipinski definition) is 3. The number of aryl methyl sites for hydroxylation is 1. The number of esters is 1. The van der Waals surface area contributed by atoms with E-state index in [-0.39, 0.29) is 0 Å². The van der Waals surface area contributed by atoms with Crippen molar-refractivity contribution in [1.82, 2.24) is 0 Å². The summed E-state index contributed by atoms with van der Waals surface area (Å²) in [6.45, 7) is 1.94. The van der Waals surface area contributed by atoms with Gasteiger partial charge in [0, 0.05) is 4.47 Å². The van der Waals surface area contributed by atoms with Crippen LogP contribution in [-0.4, -0.2) is 13.1 Å². The van der Waals surface area contributed by atoms with Crippen molar-refractivity contribution in [1.29, 1.82) is 5.26 Å². The van der Waals surface area contributed by atoms with Gasteiger partial charge in [0.05, 0.1) is 18.2 Å². The molecule has 0 heterocycles. The molecule has 0 amide bonds. The Balaban J connectivity index is 3.36. The molecule has 3 nitrogen and oxygen atoms in total. The van der Waals surface area contributed by atoms with Crippen LogP contribution in [0.4, 0.5) is 0 Å². The fraction of sp³-hybridized carbons (Fsp3) is 0.273. The van der Waals surface area contributed by atoms with Gasteiger partial charge in [-0.2, -0.15) is 5.26 Å². The van der Waals surface area contributed by atoms with Gasteiger partial charge in [0.15, 0.2) is 0 Å². The third kappa shape index (κ3) is 2.37. The third-order valence-corrected chi connectivity index (χ3v) is 2.76. The van der Waals surface area contributed by atoms with Gasteiger partial charge in [-0.15, -0.1) is 0 Å². The molecule has 0 radical (unpaired) electrons. The van der Waals surface area contributed by atoms with Crippen LogP contribution in [-0.2, 0) is 11.2 Å². The van der Waals surface area contributed by atoms with Gasteiger partial charge in [0.1, 0.15) is 6.07 Å². The van der Waals surface area contributed by atoms with Gasteiger partial charge in [-0.3, -0.25) is 0 Å². The number of carbonyl (C=O) groups excluding carboxylic acids is 1. The number of carbonyl (C=O) groups is 1. The monoisotopic (exact) mass is 267 g/mol. The van der Waals surface area contributed by atoms with Crippen LogP contribution in [0.2, 0.25) is 0 Å². The highest BCUT2D eigenvalue weighted by molar-refractivity contribution is 9.10. The number of nitriles is 1. The Hall–Kier alpha value is -1.34. The van der Waals surface area contributed by atoms with Crippen molar-refractivity contribution in [2.24, 2.45) is 0 Å². The average Bonchev–Trinajstić information content (AvgIpc) is 2.27. The van der Waals surface area contributed by atoms with E-state index in [1.54, 1.807) is 12.1 Å². The quantitative estimate of drug-likeness (QED) is 0.775. The first-order valence-electron chi connectivity index (χ1n) is 4.44. The molecule has 78 valence electrons. The molecule has 15 heavy (non-hydrogen) atoms. The van der Waals surface area contributed by atoms with Crippen LogP contribution in [0.3, 0.4) is 0 Å². The van der Waals surface area contributed by atoms with E-state index < -0.39 is 5.97 Å². The predicted molar refractivity (Wildman–Crippen MR) is 59.6 cm³/mol. The van der Waals surface area contributed by atoms with E-state index in [2.05, 4.69) is 20.7 Å². The Morgan fingerprint density at radius 3 is 2.73 bits per heavy atom. The van der Waals surface area contributed by atoms with Crippen LogP contribution in [0, 0.1) is 11.3 Å². The number of benzene rings is 1. The fourth-order valence-electron chi connectivity index (χ4n) is 1.29. The Morgan fingerprint density at radius 2 is 2.27 bits per heavy atom. The summed E-state index contributed by atoms with van der Waals surface area (Å²) in [5, 5.41) is 8.83. The molecule has 0 fully saturated rings. The number of halogens is 1. The van der Waals surface area contributed by atoms with E-state index in [9.17, 15) is 4.79 Å². The van der Waals surface area contributed by atoms with Gasteiger partial charge in [-0.05, 0) is 40.0 Å². The maximum Gasteiger partial charge on any atom is 0.338 e. The van der Waals surface area contributed by atoms with Gasteiger partial charge in [0.2, 0.25) is 0 Å². The highest BCUT2D eigenvalue weighted by Gasteiger charge is 2.13. The van der Waals surface area contributed by atoms with Crippen molar-refractivity contribution in [3.05, 3.63) is 33.3 Å². The summed E-state index contributed by atoms with van der Waals surface area (Å²) in [4.78, 5) is 11.4. The molecule has 0 aliphatic rings. The number of ether oxygens (including phenoxy) is 1. The first-order valence-corrected chi connectivity index (χ1v) is 5.24. The second kappa shape index (κ2) is 4.94. The predicted octanol–water partition coefficient (Wildman–Crippen LogP) is 2.67. The van der Waals surface area contributed by atoms with Crippen LogP contribution in [0.15, 0.2) is 16.6 Å². The van der Waals surface area contributed by atoms with Gasteiger partial charge < -0.3 is 4.74 Å². The van der Waals surface area contributed by atoms with Gasteiger partial charge in [-0.1, -0.05) is 6.92 Å². The van der Waals surface area contributed by atoms with E-state index in [4.69, 9.17) is 5.26 Å². The molecular formula is C11H10BrNO2. The molecule has 0 N–H and O–H groups in total. The van der Waals surface area contributed by atoms with E-state index >= 15 is 0 Å². The summed E-state index contributed by atoms with van der Waals surface area (Å²) in [5.41, 5.74) is 1.76. The minimum atomic E-state index is -0.407. The minimum Gasteiger partial charge on any atom is -0.465 e. The Bertz CT molecular complexity index is 435. The first kappa shape index (κ1) is 11.7. The molecule has 0 atom stereocenters. The summed E-state index contributed by atoms with van der Waals surface area (Å²) >= 11 is 3.28. The second-order valence-electron chi connectivity index (χ2n) is 2.95. The van der Waals surface area contributed by atoms with Crippen LogP contribution in [0.5, 0.6) is 0 Å². The molecular weight excluding hydrogens is 258 g/mol. The summed E-state index contributed by atoms with van der Waals surface area (Å²) in [7, 11) is 1.33. The number of rotatable bonds is 2. The van der Waals surface area contributed by atoms with E-state index in [0.717, 1.165) is 12.0 Å². The van der Waals surface area contributed by atoms with Gasteiger partial charge >= 0.3 is 5.97 Å². The molecule has 0 unspecified atom stereocenters. The molecule has 0 saturated heterocycles. The lowest BCUT2D eigenvalue weighted by atomic mass is 10.0. The fourth-order valence-corrected chi connectivity index (χ4v) is 1.77. The molecule has 0 aliphatic heterocycles. The van der Waals surface area contributed by atoms with Crippen molar-refractivity contribution in [3.63, 3.8) is 0 Å². The van der Waals surface area contributed by atoms with Crippen LogP contribution < -0.4 is 0 Å². The average molecular weight is 268 g/mol. The molecule has 0 aromatic heterocycles. The highest BCUT2D eigenvalue weighted by Crippen LogP contribution is 2.22. The van der Waals surface area contributed by atoms with Crippen molar-refractivity contribution in [2.75, 3.05) is 7.11 Å². The summed E-state index contributed by atoms with van der Waals surface area (Å²) in [5.74, 6) is -0.407. The highest BCUT2D eigenvalue weighted by atomic mass is 79.9. The minimum absolute atomic E-state index is 0.407. The van der Waals surface area contributed by atoms with Crippen LogP contribution in [0.25, 0.3) is 0 Å². The third-order valence-electron chi connectivity index (χ3n) is 2.10. The molecule has 1 aromatic rings. The lowest BCUT2D eigenvalue weighted by molar-refractivity contribution is 0.0599. The normalized spacial score (nSPS) is 9.47. The van der Waals surface area contributed by atoms with Gasteiger partial charge in [-0.25, -0.2) is 4.79 Å². The SMILES string of the molecule is CCc1cc(Br)c(C#N)cc1C(=O)OC. The molecule has 0 spiro atoms. The van der Waals surface area contributed by atoms with Crippen molar-refractivity contribution >= 4 is 21.9 Å². The standard InChI is InChI=1S/C11H10BrNO2/c1-3-7-5-10(12)8(6-13)4-9(7)11(14)15-2/h4-5H,3H2,1-2H3. The summed E-state index contributed by atoms with van der Waals surface area (Å²) < 4.78 is 5.36. The topological polar surface area (TPSA) is 50.1 Å². The second-order valence-corrected chi connectivity index (χ2v) is 3.80. The van der Waals surface area contributed by atoms with Gasteiger partial charge in [0.25, 0.3) is 0 Å². The van der Waals surface area contributed by atoms with E-state index in [0.29, 0.717) is 15.6 Å². The first-order chi connectivity index (χ1) is 7.13. The van der Waals surface area contributed by atoms with Crippen molar-refractivity contribution < 1.29 is 9.53 Å². The van der Waals surface area contributed by atoms with E-state index in [1.165, 1.54) is 7.11 Å². The largest absolute Gasteiger partial charge is 0.465 e. The van der Waals surface area contributed by atoms with Crippen molar-refractivity contribution in [2.45, 2.75) is 13.3 Å². The molecule has 0 saturated carbocycles. The molecule has 4 heteroatoms. The lowest BCUT2D eigenvalue weighted by Crippen LogP contribution is -2.06. The molecule has 1 rings (SSSR count). The summed E-state index contributed by atoms with van der Waals surface area (Å²) in [6, 6.07) is 5.34. The lowest BCUT2D eigenvalue weighted by Gasteiger charge is -2.07. The summed E-state index contributed by atoms with van der Waals surface area (Å²) in [6.07, 6.45) is 0.717. The van der Waals surface area contributed by atoms with Crippen LogP contribution >= 0.6 is 15.9 Å². The zero-order valence-electron chi connectivity index (χ0n) is 8.50. The Kier molecular flexibility index (Phi) is 3.87. The Morgan fingerprint density at radius 1 is 1.60 bits per heavy atom. The molecule has 1 aromatic carbocycles. The maximum absolute atomic E-state index is 11.4. The van der Waals surface area contributed by atoms with Crippen molar-refractivity contribution in [3.8, 4) is 6.07 Å². The molecule has 0 aliphatic carbocycles. The zero-order chi connectivity index (χ0) is 11.4. The number of hydrogen-bond donors (Lipinski definition) is 0. The zero-order valence-corrected chi connectivity index (χ0v) is 10.1. The number of methoxy groups -OCH3 is 1. The molecule has 0 bridgehead atoms. The smallest absolute Gasteiger partial charge is 0.338 e.